The Morgan fingerprint density at radius 2 is 1.44 bits per heavy atom. The van der Waals surface area contributed by atoms with E-state index in [1.54, 1.807) is 91.0 Å². The molecular weight excluding hydrogens is 478 g/mol. The van der Waals surface area contributed by atoms with Gasteiger partial charge in [-0.15, -0.1) is 0 Å². The van der Waals surface area contributed by atoms with Gasteiger partial charge < -0.3 is 10.1 Å². The van der Waals surface area contributed by atoms with Gasteiger partial charge in [0, 0.05) is 16.8 Å². The molecule has 8 heteroatoms. The van der Waals surface area contributed by atoms with Gasteiger partial charge >= 0.3 is 5.97 Å². The molecule has 0 saturated heterocycles. The summed E-state index contributed by atoms with van der Waals surface area (Å²) < 4.78 is 5.48. The first kappa shape index (κ1) is 24.4. The van der Waals surface area contributed by atoms with Gasteiger partial charge in [-0.25, -0.2) is 10.2 Å². The standard InChI is InChI=1S/C28H20ClN3O4/c29-24-15-6-5-14-23(24)27(34)31-22-13-8-12-20(17-22)26(33)32-30-18-21-11-4-7-16-25(21)36-28(35)19-9-2-1-3-10-19/h1-18H,(H,31,34)(H,32,33). The molecule has 0 atom stereocenters. The van der Waals surface area contributed by atoms with E-state index in [1.165, 1.54) is 12.3 Å². The minimum Gasteiger partial charge on any atom is -0.422 e. The van der Waals surface area contributed by atoms with Gasteiger partial charge in [0.15, 0.2) is 0 Å². The molecule has 0 aromatic heterocycles. The van der Waals surface area contributed by atoms with E-state index in [2.05, 4.69) is 15.8 Å². The summed E-state index contributed by atoms with van der Waals surface area (Å²) in [5.41, 5.74) is 4.39. The van der Waals surface area contributed by atoms with Crippen LogP contribution in [-0.4, -0.2) is 24.0 Å². The number of esters is 1. The summed E-state index contributed by atoms with van der Waals surface area (Å²) in [7, 11) is 0. The lowest BCUT2D eigenvalue weighted by atomic mass is 10.1. The number of nitrogens with one attached hydrogen (secondary N) is 2. The Hall–Kier alpha value is -4.75. The Morgan fingerprint density at radius 1 is 0.750 bits per heavy atom. The van der Waals surface area contributed by atoms with Crippen molar-refractivity contribution in [2.45, 2.75) is 0 Å². The van der Waals surface area contributed by atoms with Crippen molar-refractivity contribution in [3.05, 3.63) is 130 Å². The normalized spacial score (nSPS) is 10.6. The SMILES string of the molecule is O=C(NN=Cc1ccccc1OC(=O)c1ccccc1)c1cccc(NC(=O)c2ccccc2Cl)c1. The van der Waals surface area contributed by atoms with E-state index in [0.717, 1.165) is 0 Å². The van der Waals surface area contributed by atoms with Crippen LogP contribution < -0.4 is 15.5 Å². The van der Waals surface area contributed by atoms with Crippen LogP contribution in [0.2, 0.25) is 5.02 Å². The molecule has 0 aliphatic carbocycles. The van der Waals surface area contributed by atoms with Gasteiger partial charge in [0.25, 0.3) is 11.8 Å². The predicted molar refractivity (Wildman–Crippen MR) is 139 cm³/mol. The van der Waals surface area contributed by atoms with Crippen molar-refractivity contribution in [3.8, 4) is 5.75 Å². The van der Waals surface area contributed by atoms with Crippen LogP contribution >= 0.6 is 11.6 Å². The molecule has 7 nitrogen and oxygen atoms in total. The quantitative estimate of drug-likeness (QED) is 0.151. The van der Waals surface area contributed by atoms with E-state index in [9.17, 15) is 14.4 Å². The largest absolute Gasteiger partial charge is 0.422 e. The topological polar surface area (TPSA) is 96.9 Å². The fraction of sp³-hybridized carbons (Fsp3) is 0. The van der Waals surface area contributed by atoms with Crippen molar-refractivity contribution >= 4 is 41.3 Å². The number of halogens is 1. The maximum Gasteiger partial charge on any atom is 0.343 e. The average Bonchev–Trinajstić information content (AvgIpc) is 2.90. The molecule has 0 bridgehead atoms. The predicted octanol–water partition coefficient (Wildman–Crippen LogP) is 5.58. The molecule has 0 radical (unpaired) electrons. The molecule has 0 spiro atoms. The van der Waals surface area contributed by atoms with Crippen molar-refractivity contribution < 1.29 is 19.1 Å². The van der Waals surface area contributed by atoms with E-state index >= 15 is 0 Å². The number of rotatable bonds is 7. The Kier molecular flexibility index (Phi) is 7.85. The fourth-order valence-corrected chi connectivity index (χ4v) is 3.44. The van der Waals surface area contributed by atoms with Gasteiger partial charge in [-0.2, -0.15) is 5.10 Å². The lowest BCUT2D eigenvalue weighted by Crippen LogP contribution is -2.18. The molecule has 4 aromatic carbocycles. The van der Waals surface area contributed by atoms with Crippen LogP contribution in [0, 0.1) is 0 Å². The zero-order valence-electron chi connectivity index (χ0n) is 18.9. The molecule has 178 valence electrons. The van der Waals surface area contributed by atoms with Crippen molar-refractivity contribution in [3.63, 3.8) is 0 Å². The van der Waals surface area contributed by atoms with Gasteiger partial charge in [-0.05, 0) is 54.6 Å². The van der Waals surface area contributed by atoms with Gasteiger partial charge in [-0.3, -0.25) is 9.59 Å². The highest BCUT2D eigenvalue weighted by Gasteiger charge is 2.12. The molecule has 4 rings (SSSR count). The maximum atomic E-state index is 12.6. The minimum absolute atomic E-state index is 0.285. The highest BCUT2D eigenvalue weighted by molar-refractivity contribution is 6.34. The Morgan fingerprint density at radius 3 is 2.25 bits per heavy atom. The third kappa shape index (κ3) is 6.22. The highest BCUT2D eigenvalue weighted by atomic mass is 35.5. The summed E-state index contributed by atoms with van der Waals surface area (Å²) in [5.74, 6) is -1.08. The number of benzene rings is 4. The summed E-state index contributed by atoms with van der Waals surface area (Å²) in [6.45, 7) is 0. The highest BCUT2D eigenvalue weighted by Crippen LogP contribution is 2.19. The van der Waals surface area contributed by atoms with Crippen LogP contribution in [0.4, 0.5) is 5.69 Å². The number of hydrazone groups is 1. The molecule has 0 unspecified atom stereocenters. The lowest BCUT2D eigenvalue weighted by molar-refractivity contribution is 0.0734. The smallest absolute Gasteiger partial charge is 0.343 e. The monoisotopic (exact) mass is 497 g/mol. The molecule has 0 heterocycles. The molecule has 4 aromatic rings. The number of carbonyl (C=O) groups excluding carboxylic acids is 3. The number of carbonyl (C=O) groups is 3. The summed E-state index contributed by atoms with van der Waals surface area (Å²) in [4.78, 5) is 37.5. The molecule has 0 aliphatic rings. The lowest BCUT2D eigenvalue weighted by Gasteiger charge is -2.08. The number of amides is 2. The summed E-state index contributed by atoms with van der Waals surface area (Å²) in [5, 5.41) is 7.04. The second kappa shape index (κ2) is 11.6. The first-order valence-corrected chi connectivity index (χ1v) is 11.2. The number of ether oxygens (including phenoxy) is 1. The molecule has 36 heavy (non-hydrogen) atoms. The van der Waals surface area contributed by atoms with Crippen molar-refractivity contribution in [1.29, 1.82) is 0 Å². The number of hydrogen-bond acceptors (Lipinski definition) is 5. The van der Waals surface area contributed by atoms with E-state index < -0.39 is 17.8 Å². The zero-order chi connectivity index (χ0) is 25.3. The van der Waals surface area contributed by atoms with Gasteiger partial charge in [0.05, 0.1) is 22.4 Å². The van der Waals surface area contributed by atoms with Crippen molar-refractivity contribution in [1.82, 2.24) is 5.43 Å². The molecular formula is C28H20ClN3O4. The van der Waals surface area contributed by atoms with E-state index in [1.807, 2.05) is 6.07 Å². The van der Waals surface area contributed by atoms with Gasteiger partial charge in [0.1, 0.15) is 5.75 Å². The van der Waals surface area contributed by atoms with E-state index in [0.29, 0.717) is 33.1 Å². The Labute approximate surface area is 212 Å². The van der Waals surface area contributed by atoms with Crippen LogP contribution in [0.5, 0.6) is 5.75 Å². The second-order valence-corrected chi connectivity index (χ2v) is 7.91. The molecule has 2 amide bonds. The van der Waals surface area contributed by atoms with Crippen molar-refractivity contribution in [2.24, 2.45) is 5.10 Å². The molecule has 2 N–H and O–H groups in total. The van der Waals surface area contributed by atoms with Crippen LogP contribution in [0.15, 0.2) is 108 Å². The number of anilines is 1. The summed E-state index contributed by atoms with van der Waals surface area (Å²) in [6, 6.07) is 28.5. The van der Waals surface area contributed by atoms with Gasteiger partial charge in [0.2, 0.25) is 0 Å². The first-order valence-electron chi connectivity index (χ1n) is 10.9. The van der Waals surface area contributed by atoms with Gasteiger partial charge in [-0.1, -0.05) is 60.1 Å². The molecule has 0 aliphatic heterocycles. The second-order valence-electron chi connectivity index (χ2n) is 7.51. The average molecular weight is 498 g/mol. The molecule has 0 fully saturated rings. The van der Waals surface area contributed by atoms with Crippen LogP contribution in [0.1, 0.15) is 36.6 Å². The van der Waals surface area contributed by atoms with Crippen LogP contribution in [-0.2, 0) is 0 Å². The molecule has 0 saturated carbocycles. The summed E-state index contributed by atoms with van der Waals surface area (Å²) >= 11 is 6.08. The van der Waals surface area contributed by atoms with Crippen LogP contribution in [0.3, 0.4) is 0 Å². The fourth-order valence-electron chi connectivity index (χ4n) is 3.22. The first-order chi connectivity index (χ1) is 17.5. The summed E-state index contributed by atoms with van der Waals surface area (Å²) in [6.07, 6.45) is 1.38. The Bertz CT molecular complexity index is 1440. The van der Waals surface area contributed by atoms with E-state index in [4.69, 9.17) is 16.3 Å². The third-order valence-electron chi connectivity index (χ3n) is 5.00. The minimum atomic E-state index is -0.504. The zero-order valence-corrected chi connectivity index (χ0v) is 19.6. The van der Waals surface area contributed by atoms with Crippen molar-refractivity contribution in [2.75, 3.05) is 5.32 Å². The van der Waals surface area contributed by atoms with E-state index in [-0.39, 0.29) is 5.56 Å². The van der Waals surface area contributed by atoms with Crippen LogP contribution in [0.25, 0.3) is 0 Å². The maximum absolute atomic E-state index is 12.6. The Balaban J connectivity index is 1.40. The third-order valence-corrected chi connectivity index (χ3v) is 5.33. The number of hydrogen-bond donors (Lipinski definition) is 2. The number of nitrogens with zero attached hydrogens (tertiary/aromatic N) is 1. The number of para-hydroxylation sites is 1.